The molecule has 0 aliphatic carbocycles. The quantitative estimate of drug-likeness (QED) is 0.668. The topological polar surface area (TPSA) is 29.3 Å². The minimum absolute atomic E-state index is 0.0449. The Bertz CT molecular complexity index is 402. The first-order chi connectivity index (χ1) is 8.19. The van der Waals surface area contributed by atoms with Crippen molar-refractivity contribution in [3.05, 3.63) is 29.6 Å². The smallest absolute Gasteiger partial charge is 0.398 e. The predicted octanol–water partition coefficient (Wildman–Crippen LogP) is 3.18. The van der Waals surface area contributed by atoms with Crippen LogP contribution < -0.4 is 5.73 Å². The molecule has 0 aliphatic heterocycles. The number of benzene rings is 1. The molecule has 6 heteroatoms. The molecule has 2 nitrogen and oxygen atoms in total. The van der Waals surface area contributed by atoms with Gasteiger partial charge in [0.1, 0.15) is 5.82 Å². The van der Waals surface area contributed by atoms with E-state index >= 15 is 0 Å². The molecule has 1 aromatic carbocycles. The second kappa shape index (κ2) is 5.56. The van der Waals surface area contributed by atoms with Crippen LogP contribution in [0.3, 0.4) is 0 Å². The van der Waals surface area contributed by atoms with Gasteiger partial charge in [-0.3, -0.25) is 4.90 Å². The van der Waals surface area contributed by atoms with E-state index in [0.717, 1.165) is 6.07 Å². The van der Waals surface area contributed by atoms with Crippen molar-refractivity contribution in [1.29, 1.82) is 0 Å². The fourth-order valence-corrected chi connectivity index (χ4v) is 1.58. The lowest BCUT2D eigenvalue weighted by Gasteiger charge is -2.27. The van der Waals surface area contributed by atoms with Gasteiger partial charge in [0.05, 0.1) is 6.54 Å². The average molecular weight is 264 g/mol. The van der Waals surface area contributed by atoms with Crippen molar-refractivity contribution in [2.24, 2.45) is 0 Å². The van der Waals surface area contributed by atoms with E-state index in [1.54, 1.807) is 13.8 Å². The van der Waals surface area contributed by atoms with Crippen molar-refractivity contribution in [2.75, 3.05) is 12.3 Å². The van der Waals surface area contributed by atoms with Crippen LogP contribution in [0.2, 0.25) is 0 Å². The van der Waals surface area contributed by atoms with Gasteiger partial charge in [0, 0.05) is 18.3 Å². The number of alkyl halides is 3. The molecule has 0 radical (unpaired) electrons. The van der Waals surface area contributed by atoms with Crippen molar-refractivity contribution in [1.82, 2.24) is 4.90 Å². The summed E-state index contributed by atoms with van der Waals surface area (Å²) in [6.45, 7) is 2.38. The van der Waals surface area contributed by atoms with Crippen LogP contribution in [-0.2, 0) is 6.54 Å². The van der Waals surface area contributed by atoms with Crippen LogP contribution in [0.1, 0.15) is 19.4 Å². The van der Waals surface area contributed by atoms with Gasteiger partial charge in [0.2, 0.25) is 0 Å². The molecule has 0 unspecified atom stereocenters. The molecule has 0 fully saturated rings. The number of hydrogen-bond acceptors (Lipinski definition) is 2. The Morgan fingerprint density at radius 2 is 1.89 bits per heavy atom. The Kier molecular flexibility index (Phi) is 4.56. The first-order valence-corrected chi connectivity index (χ1v) is 5.54. The first-order valence-electron chi connectivity index (χ1n) is 5.54. The fraction of sp³-hybridized carbons (Fsp3) is 0.500. The van der Waals surface area contributed by atoms with Gasteiger partial charge in [-0.2, -0.15) is 13.2 Å². The molecule has 0 aromatic heterocycles. The number of halogens is 4. The molecule has 1 rings (SSSR count). The maximum Gasteiger partial charge on any atom is 0.401 e. The van der Waals surface area contributed by atoms with Crippen LogP contribution in [0, 0.1) is 5.82 Å². The van der Waals surface area contributed by atoms with Gasteiger partial charge in [-0.15, -0.1) is 0 Å². The van der Waals surface area contributed by atoms with Crippen molar-refractivity contribution in [2.45, 2.75) is 32.6 Å². The van der Waals surface area contributed by atoms with E-state index in [9.17, 15) is 17.6 Å². The molecule has 0 saturated heterocycles. The minimum Gasteiger partial charge on any atom is -0.398 e. The van der Waals surface area contributed by atoms with Crippen molar-refractivity contribution >= 4 is 5.69 Å². The van der Waals surface area contributed by atoms with Crippen molar-refractivity contribution < 1.29 is 17.6 Å². The van der Waals surface area contributed by atoms with Gasteiger partial charge in [-0.1, -0.05) is 6.07 Å². The zero-order valence-electron chi connectivity index (χ0n) is 10.3. The Hall–Kier alpha value is -1.30. The third-order valence-corrected chi connectivity index (χ3v) is 2.59. The van der Waals surface area contributed by atoms with E-state index in [2.05, 4.69) is 0 Å². The summed E-state index contributed by atoms with van der Waals surface area (Å²) in [4.78, 5) is 1.24. The fourth-order valence-electron chi connectivity index (χ4n) is 1.58. The molecule has 0 saturated carbocycles. The largest absolute Gasteiger partial charge is 0.401 e. The number of anilines is 1. The van der Waals surface area contributed by atoms with Gasteiger partial charge in [0.25, 0.3) is 0 Å². The molecular weight excluding hydrogens is 248 g/mol. The van der Waals surface area contributed by atoms with E-state index in [4.69, 9.17) is 5.73 Å². The maximum atomic E-state index is 12.8. The maximum absolute atomic E-state index is 12.8. The lowest BCUT2D eigenvalue weighted by Crippen LogP contribution is -2.38. The molecular formula is C12H16F4N2. The van der Waals surface area contributed by atoms with E-state index in [1.165, 1.54) is 17.0 Å². The molecule has 0 atom stereocenters. The summed E-state index contributed by atoms with van der Waals surface area (Å²) >= 11 is 0. The number of nitrogen functional groups attached to an aromatic ring is 1. The Morgan fingerprint density at radius 1 is 1.28 bits per heavy atom. The van der Waals surface area contributed by atoms with E-state index in [0.29, 0.717) is 5.56 Å². The van der Waals surface area contributed by atoms with Crippen LogP contribution in [0.25, 0.3) is 0 Å². The van der Waals surface area contributed by atoms with Crippen LogP contribution >= 0.6 is 0 Å². The number of nitrogens with zero attached hydrogens (tertiary/aromatic N) is 1. The van der Waals surface area contributed by atoms with E-state index in [1.807, 2.05) is 0 Å². The number of hydrogen-bond donors (Lipinski definition) is 1. The Balaban J connectivity index is 2.83. The monoisotopic (exact) mass is 264 g/mol. The molecule has 1 aromatic rings. The highest BCUT2D eigenvalue weighted by atomic mass is 19.4. The third-order valence-electron chi connectivity index (χ3n) is 2.59. The Labute approximate surface area is 103 Å². The summed E-state index contributed by atoms with van der Waals surface area (Å²) in [5.74, 6) is -0.497. The van der Waals surface area contributed by atoms with E-state index in [-0.39, 0.29) is 18.3 Å². The summed E-state index contributed by atoms with van der Waals surface area (Å²) in [6.07, 6.45) is -4.26. The second-order valence-corrected chi connectivity index (χ2v) is 4.46. The molecule has 18 heavy (non-hydrogen) atoms. The van der Waals surface area contributed by atoms with Gasteiger partial charge < -0.3 is 5.73 Å². The molecule has 102 valence electrons. The summed E-state index contributed by atoms with van der Waals surface area (Å²) in [7, 11) is 0. The SMILES string of the molecule is CC(C)N(Cc1ccc(F)cc1N)CC(F)(F)F. The molecule has 2 N–H and O–H groups in total. The first kappa shape index (κ1) is 14.8. The normalized spacial score (nSPS) is 12.4. The summed E-state index contributed by atoms with van der Waals surface area (Å²) < 4.78 is 50.0. The number of rotatable bonds is 4. The van der Waals surface area contributed by atoms with Crippen LogP contribution in [0.4, 0.5) is 23.2 Å². The summed E-state index contributed by atoms with van der Waals surface area (Å²) in [5, 5.41) is 0. The van der Waals surface area contributed by atoms with Crippen LogP contribution in [0.5, 0.6) is 0 Å². The van der Waals surface area contributed by atoms with E-state index < -0.39 is 18.5 Å². The molecule has 0 aliphatic rings. The molecule has 0 bridgehead atoms. The average Bonchev–Trinajstić information content (AvgIpc) is 2.18. The highest BCUT2D eigenvalue weighted by molar-refractivity contribution is 5.46. The number of nitrogens with two attached hydrogens (primary N) is 1. The zero-order valence-corrected chi connectivity index (χ0v) is 10.3. The van der Waals surface area contributed by atoms with Crippen LogP contribution in [0.15, 0.2) is 18.2 Å². The van der Waals surface area contributed by atoms with Crippen molar-refractivity contribution in [3.8, 4) is 0 Å². The zero-order chi connectivity index (χ0) is 13.9. The Morgan fingerprint density at radius 3 is 2.33 bits per heavy atom. The third kappa shape index (κ3) is 4.52. The van der Waals surface area contributed by atoms with Crippen molar-refractivity contribution in [3.63, 3.8) is 0 Å². The predicted molar refractivity (Wildman–Crippen MR) is 62.4 cm³/mol. The highest BCUT2D eigenvalue weighted by Gasteiger charge is 2.31. The van der Waals surface area contributed by atoms with Gasteiger partial charge in [-0.05, 0) is 31.5 Å². The van der Waals surface area contributed by atoms with Gasteiger partial charge in [0.15, 0.2) is 0 Å². The molecule has 0 amide bonds. The minimum atomic E-state index is -4.26. The lowest BCUT2D eigenvalue weighted by molar-refractivity contribution is -0.150. The lowest BCUT2D eigenvalue weighted by atomic mass is 10.1. The van der Waals surface area contributed by atoms with Crippen LogP contribution in [-0.4, -0.2) is 23.7 Å². The molecule has 0 heterocycles. The summed E-state index contributed by atoms with van der Waals surface area (Å²) in [5.41, 5.74) is 6.25. The standard InChI is InChI=1S/C12H16F4N2/c1-8(2)18(7-12(14,15)16)6-9-3-4-10(13)5-11(9)17/h3-5,8H,6-7,17H2,1-2H3. The summed E-state index contributed by atoms with van der Waals surface area (Å²) in [6, 6.07) is 3.44. The highest BCUT2D eigenvalue weighted by Crippen LogP contribution is 2.22. The molecule has 0 spiro atoms. The van der Waals surface area contributed by atoms with Gasteiger partial charge in [-0.25, -0.2) is 4.39 Å². The van der Waals surface area contributed by atoms with Gasteiger partial charge >= 0.3 is 6.18 Å². The second-order valence-electron chi connectivity index (χ2n) is 4.46.